The molecule has 1 heteroatoms. The van der Waals surface area contributed by atoms with Gasteiger partial charge in [-0.15, -0.1) is 0 Å². The summed E-state index contributed by atoms with van der Waals surface area (Å²) in [5.74, 6) is 0. The molecular formula is C10H19F. The van der Waals surface area contributed by atoms with Gasteiger partial charge in [0.25, 0.3) is 0 Å². The fourth-order valence-corrected chi connectivity index (χ4v) is 0.681. The Labute approximate surface area is 69.8 Å². The van der Waals surface area contributed by atoms with Crippen molar-refractivity contribution in [2.24, 2.45) is 0 Å². The summed E-state index contributed by atoms with van der Waals surface area (Å²) in [7, 11) is 0. The number of hydrogen-bond donors (Lipinski definition) is 0. The van der Waals surface area contributed by atoms with E-state index in [4.69, 9.17) is 0 Å². The maximum atomic E-state index is 12.2. The third-order valence-corrected chi connectivity index (χ3v) is 0.922. The Hall–Kier alpha value is -0.590. The Balaban J connectivity index is 0. The fraction of sp³-hybridized carbons (Fsp3) is 0.600. The molecule has 0 bridgehead atoms. The van der Waals surface area contributed by atoms with Crippen LogP contribution in [0.4, 0.5) is 4.39 Å². The van der Waals surface area contributed by atoms with Crippen LogP contribution in [0, 0.1) is 0 Å². The van der Waals surface area contributed by atoms with Gasteiger partial charge in [-0.3, -0.25) is 0 Å². The van der Waals surface area contributed by atoms with Gasteiger partial charge in [0.05, 0.1) is 0 Å². The molecular weight excluding hydrogens is 139 g/mol. The molecule has 0 aliphatic heterocycles. The predicted octanol–water partition coefficient (Wildman–Crippen LogP) is 3.89. The first-order valence-electron chi connectivity index (χ1n) is 4.12. The SMILES string of the molecule is C/C=C\C(C)=C/C(C)F.CC. The molecule has 0 amide bonds. The normalized spacial score (nSPS) is 14.2. The molecule has 1 atom stereocenters. The van der Waals surface area contributed by atoms with Crippen LogP contribution in [-0.2, 0) is 0 Å². The van der Waals surface area contributed by atoms with Crippen LogP contribution < -0.4 is 0 Å². The number of alkyl halides is 1. The fourth-order valence-electron chi connectivity index (χ4n) is 0.681. The minimum Gasteiger partial charge on any atom is -0.243 e. The van der Waals surface area contributed by atoms with E-state index in [1.807, 2.05) is 39.8 Å². The molecule has 66 valence electrons. The topological polar surface area (TPSA) is 0 Å². The van der Waals surface area contributed by atoms with Crippen molar-refractivity contribution in [3.8, 4) is 0 Å². The second-order valence-corrected chi connectivity index (χ2v) is 2.09. The van der Waals surface area contributed by atoms with Crippen LogP contribution in [0.1, 0.15) is 34.6 Å². The molecule has 0 nitrogen and oxygen atoms in total. The summed E-state index contributed by atoms with van der Waals surface area (Å²) in [4.78, 5) is 0. The zero-order valence-corrected chi connectivity index (χ0v) is 8.19. The maximum absolute atomic E-state index is 12.2. The van der Waals surface area contributed by atoms with Crippen molar-refractivity contribution in [2.45, 2.75) is 40.8 Å². The second-order valence-electron chi connectivity index (χ2n) is 2.09. The highest BCUT2D eigenvalue weighted by atomic mass is 19.1. The van der Waals surface area contributed by atoms with Gasteiger partial charge < -0.3 is 0 Å². The summed E-state index contributed by atoms with van der Waals surface area (Å²) in [5.41, 5.74) is 0.979. The second kappa shape index (κ2) is 9.41. The third-order valence-electron chi connectivity index (χ3n) is 0.922. The lowest BCUT2D eigenvalue weighted by Gasteiger charge is -1.92. The molecule has 0 aliphatic carbocycles. The number of rotatable bonds is 2. The summed E-state index contributed by atoms with van der Waals surface area (Å²) >= 11 is 0. The van der Waals surface area contributed by atoms with Gasteiger partial charge in [0, 0.05) is 0 Å². The molecule has 11 heavy (non-hydrogen) atoms. The average Bonchev–Trinajstić information content (AvgIpc) is 1.91. The standard InChI is InChI=1S/C8H13F.C2H6/c1-4-5-7(2)6-8(3)9;1-2/h4-6,8H,1-3H3;1-2H3/b5-4-,7-6-;. The highest BCUT2D eigenvalue weighted by Crippen LogP contribution is 1.99. The summed E-state index contributed by atoms with van der Waals surface area (Å²) in [6.07, 6.45) is 4.53. The maximum Gasteiger partial charge on any atom is 0.116 e. The van der Waals surface area contributed by atoms with Crippen molar-refractivity contribution in [3.63, 3.8) is 0 Å². The zero-order chi connectivity index (χ0) is 9.28. The van der Waals surface area contributed by atoms with Crippen molar-refractivity contribution in [1.29, 1.82) is 0 Å². The first-order valence-corrected chi connectivity index (χ1v) is 4.12. The highest BCUT2D eigenvalue weighted by Gasteiger charge is 1.89. The van der Waals surface area contributed by atoms with E-state index in [9.17, 15) is 4.39 Å². The van der Waals surface area contributed by atoms with Crippen LogP contribution in [0.2, 0.25) is 0 Å². The Morgan fingerprint density at radius 2 is 1.82 bits per heavy atom. The molecule has 1 unspecified atom stereocenters. The lowest BCUT2D eigenvalue weighted by molar-refractivity contribution is 0.429. The van der Waals surface area contributed by atoms with E-state index >= 15 is 0 Å². The van der Waals surface area contributed by atoms with E-state index in [0.717, 1.165) is 5.57 Å². The van der Waals surface area contributed by atoms with Crippen molar-refractivity contribution in [1.82, 2.24) is 0 Å². The molecule has 0 saturated heterocycles. The van der Waals surface area contributed by atoms with Crippen LogP contribution in [0.3, 0.4) is 0 Å². The molecule has 0 N–H and O–H groups in total. The van der Waals surface area contributed by atoms with Crippen LogP contribution in [-0.4, -0.2) is 6.17 Å². The van der Waals surface area contributed by atoms with Crippen LogP contribution in [0.5, 0.6) is 0 Å². The number of allylic oxidation sites excluding steroid dienone is 4. The molecule has 0 saturated carbocycles. The van der Waals surface area contributed by atoms with Crippen LogP contribution in [0.15, 0.2) is 23.8 Å². The molecule has 0 heterocycles. The first kappa shape index (κ1) is 13.0. The minimum absolute atomic E-state index is 0.832. The molecule has 0 aromatic carbocycles. The highest BCUT2D eigenvalue weighted by molar-refractivity contribution is 5.16. The van der Waals surface area contributed by atoms with Crippen molar-refractivity contribution in [2.75, 3.05) is 0 Å². The van der Waals surface area contributed by atoms with Gasteiger partial charge in [0.15, 0.2) is 0 Å². The van der Waals surface area contributed by atoms with Gasteiger partial charge in [0.2, 0.25) is 0 Å². The molecule has 0 aromatic rings. The Morgan fingerprint density at radius 3 is 2.09 bits per heavy atom. The third kappa shape index (κ3) is 12.6. The monoisotopic (exact) mass is 158 g/mol. The summed E-state index contributed by atoms with van der Waals surface area (Å²) < 4.78 is 12.2. The Morgan fingerprint density at radius 1 is 1.36 bits per heavy atom. The van der Waals surface area contributed by atoms with Crippen LogP contribution >= 0.6 is 0 Å². The molecule has 0 aliphatic rings. The summed E-state index contributed by atoms with van der Waals surface area (Å²) in [6, 6.07) is 0. The van der Waals surface area contributed by atoms with Crippen LogP contribution in [0.25, 0.3) is 0 Å². The van der Waals surface area contributed by atoms with Gasteiger partial charge in [-0.2, -0.15) is 0 Å². The summed E-state index contributed by atoms with van der Waals surface area (Å²) in [5, 5.41) is 0. The quantitative estimate of drug-likeness (QED) is 0.535. The number of halogens is 1. The minimum atomic E-state index is -0.832. The molecule has 0 aromatic heterocycles. The van der Waals surface area contributed by atoms with E-state index in [1.165, 1.54) is 6.92 Å². The largest absolute Gasteiger partial charge is 0.243 e. The molecule has 0 fully saturated rings. The van der Waals surface area contributed by atoms with Gasteiger partial charge in [-0.1, -0.05) is 31.6 Å². The van der Waals surface area contributed by atoms with Gasteiger partial charge in [-0.25, -0.2) is 4.39 Å². The molecule has 0 radical (unpaired) electrons. The van der Waals surface area contributed by atoms with Gasteiger partial charge >= 0.3 is 0 Å². The number of hydrogen-bond acceptors (Lipinski definition) is 0. The first-order chi connectivity index (χ1) is 5.16. The van der Waals surface area contributed by atoms with Gasteiger partial charge in [-0.05, 0) is 26.8 Å². The van der Waals surface area contributed by atoms with E-state index < -0.39 is 6.17 Å². The Kier molecular flexibility index (Phi) is 11.1. The lowest BCUT2D eigenvalue weighted by Crippen LogP contribution is -1.84. The molecule has 0 spiro atoms. The van der Waals surface area contributed by atoms with E-state index in [0.29, 0.717) is 0 Å². The average molecular weight is 158 g/mol. The smallest absolute Gasteiger partial charge is 0.116 e. The predicted molar refractivity (Wildman–Crippen MR) is 50.5 cm³/mol. The van der Waals surface area contributed by atoms with Crippen molar-refractivity contribution >= 4 is 0 Å². The zero-order valence-electron chi connectivity index (χ0n) is 8.19. The molecule has 0 rings (SSSR count). The van der Waals surface area contributed by atoms with E-state index in [2.05, 4.69) is 0 Å². The van der Waals surface area contributed by atoms with Gasteiger partial charge in [0.1, 0.15) is 6.17 Å². The van der Waals surface area contributed by atoms with Crippen molar-refractivity contribution < 1.29 is 4.39 Å². The lowest BCUT2D eigenvalue weighted by atomic mass is 10.2. The summed E-state index contributed by atoms with van der Waals surface area (Å²) in [6.45, 7) is 9.32. The van der Waals surface area contributed by atoms with E-state index in [1.54, 1.807) is 6.08 Å². The van der Waals surface area contributed by atoms with Crippen molar-refractivity contribution in [3.05, 3.63) is 23.8 Å². The Bertz CT molecular complexity index is 121. The van der Waals surface area contributed by atoms with E-state index in [-0.39, 0.29) is 0 Å².